The Morgan fingerprint density at radius 2 is 2.06 bits per heavy atom. The van der Waals surface area contributed by atoms with E-state index in [1.807, 2.05) is 0 Å². The number of nitrogens with one attached hydrogen (secondary N) is 2. The molecule has 1 saturated heterocycles. The maximum Gasteiger partial charge on any atom is 0.220 e. The van der Waals surface area contributed by atoms with Gasteiger partial charge in [-0.1, -0.05) is 25.7 Å². The van der Waals surface area contributed by atoms with Crippen LogP contribution in [0.5, 0.6) is 0 Å². The summed E-state index contributed by atoms with van der Waals surface area (Å²) in [5, 5.41) is 15.8. The predicted octanol–water partition coefficient (Wildman–Crippen LogP) is 0.796. The second-order valence-electron chi connectivity index (χ2n) is 5.42. The molecule has 0 aromatic heterocycles. The van der Waals surface area contributed by atoms with Crippen LogP contribution in [0.15, 0.2) is 0 Å². The van der Waals surface area contributed by atoms with Crippen molar-refractivity contribution in [3.8, 4) is 0 Å². The molecule has 2 aliphatic rings. The number of amides is 1. The summed E-state index contributed by atoms with van der Waals surface area (Å²) < 4.78 is 0. The van der Waals surface area contributed by atoms with Crippen LogP contribution < -0.4 is 10.6 Å². The van der Waals surface area contributed by atoms with Crippen molar-refractivity contribution >= 4 is 5.91 Å². The average molecular weight is 240 g/mol. The molecule has 2 rings (SSSR count). The van der Waals surface area contributed by atoms with E-state index in [1.54, 1.807) is 0 Å². The van der Waals surface area contributed by atoms with Gasteiger partial charge in [-0.05, 0) is 25.3 Å². The zero-order chi connectivity index (χ0) is 12.1. The Hall–Kier alpha value is -0.610. The van der Waals surface area contributed by atoms with Gasteiger partial charge < -0.3 is 15.7 Å². The number of carbonyl (C=O) groups is 1. The van der Waals surface area contributed by atoms with E-state index in [9.17, 15) is 9.90 Å². The quantitative estimate of drug-likeness (QED) is 0.681. The lowest BCUT2D eigenvalue weighted by molar-refractivity contribution is -0.123. The second-order valence-corrected chi connectivity index (χ2v) is 5.42. The minimum atomic E-state index is -0.431. The maximum absolute atomic E-state index is 11.8. The molecule has 2 fully saturated rings. The summed E-state index contributed by atoms with van der Waals surface area (Å²) in [6.45, 7) is 1.47. The van der Waals surface area contributed by atoms with Crippen molar-refractivity contribution in [1.82, 2.24) is 10.6 Å². The summed E-state index contributed by atoms with van der Waals surface area (Å²) >= 11 is 0. The molecule has 2 atom stereocenters. The van der Waals surface area contributed by atoms with Crippen molar-refractivity contribution < 1.29 is 9.90 Å². The number of β-amino-alcohol motifs (C(OH)–C–C–N with tert-alkyl or cyclic N) is 1. The van der Waals surface area contributed by atoms with Gasteiger partial charge in [-0.15, -0.1) is 0 Å². The average Bonchev–Trinajstić information content (AvgIpc) is 2.82. The molecule has 1 saturated carbocycles. The first-order valence-corrected chi connectivity index (χ1v) is 6.94. The highest BCUT2D eigenvalue weighted by Gasteiger charge is 2.24. The fourth-order valence-corrected chi connectivity index (χ4v) is 2.92. The van der Waals surface area contributed by atoms with Crippen molar-refractivity contribution in [2.24, 2.45) is 5.92 Å². The van der Waals surface area contributed by atoms with Crippen molar-refractivity contribution in [2.75, 3.05) is 13.1 Å². The largest absolute Gasteiger partial charge is 0.390 e. The highest BCUT2D eigenvalue weighted by atomic mass is 16.3. The lowest BCUT2D eigenvalue weighted by atomic mass is 10.0. The van der Waals surface area contributed by atoms with E-state index in [2.05, 4.69) is 10.6 Å². The van der Waals surface area contributed by atoms with Gasteiger partial charge in [0.15, 0.2) is 0 Å². The Morgan fingerprint density at radius 3 is 2.76 bits per heavy atom. The molecule has 1 aliphatic carbocycles. The molecule has 1 heterocycles. The normalized spacial score (nSPS) is 30.4. The summed E-state index contributed by atoms with van der Waals surface area (Å²) in [6, 6.07) is -0.0488. The van der Waals surface area contributed by atoms with Gasteiger partial charge in [0.2, 0.25) is 5.91 Å². The number of carbonyl (C=O) groups excluding carboxylic acids is 1. The Kier molecular flexibility index (Phi) is 4.80. The molecule has 98 valence electrons. The Labute approximate surface area is 103 Å². The van der Waals surface area contributed by atoms with Crippen LogP contribution in [0.2, 0.25) is 0 Å². The smallest absolute Gasteiger partial charge is 0.220 e. The van der Waals surface area contributed by atoms with Crippen molar-refractivity contribution in [1.29, 1.82) is 0 Å². The fraction of sp³-hybridized carbons (Fsp3) is 0.923. The molecule has 0 aromatic rings. The zero-order valence-electron chi connectivity index (χ0n) is 10.5. The van der Waals surface area contributed by atoms with Crippen LogP contribution in [-0.4, -0.2) is 36.2 Å². The van der Waals surface area contributed by atoms with E-state index in [0.717, 1.165) is 25.3 Å². The number of rotatable bonds is 4. The molecule has 17 heavy (non-hydrogen) atoms. The lowest BCUT2D eigenvalue weighted by Crippen LogP contribution is -2.52. The first-order valence-electron chi connectivity index (χ1n) is 6.94. The summed E-state index contributed by atoms with van der Waals surface area (Å²) in [5.41, 5.74) is 0. The van der Waals surface area contributed by atoms with Crippen LogP contribution in [0.3, 0.4) is 0 Å². The number of aliphatic hydroxyl groups is 1. The van der Waals surface area contributed by atoms with Gasteiger partial charge in [0, 0.05) is 13.0 Å². The summed E-state index contributed by atoms with van der Waals surface area (Å²) in [7, 11) is 0. The minimum absolute atomic E-state index is 0.0488. The monoisotopic (exact) mass is 240 g/mol. The lowest BCUT2D eigenvalue weighted by Gasteiger charge is -2.29. The maximum atomic E-state index is 11.8. The van der Waals surface area contributed by atoms with Gasteiger partial charge in [-0.2, -0.15) is 0 Å². The fourth-order valence-electron chi connectivity index (χ4n) is 2.92. The molecule has 1 amide bonds. The molecular formula is C13H24N2O2. The highest BCUT2D eigenvalue weighted by Crippen LogP contribution is 2.28. The molecule has 0 aromatic carbocycles. The van der Waals surface area contributed by atoms with E-state index >= 15 is 0 Å². The second kappa shape index (κ2) is 6.36. The summed E-state index contributed by atoms with van der Waals surface area (Å²) in [5.74, 6) is 0.876. The van der Waals surface area contributed by atoms with Crippen molar-refractivity contribution in [2.45, 2.75) is 57.1 Å². The Morgan fingerprint density at radius 1 is 1.29 bits per heavy atom. The molecule has 0 bridgehead atoms. The van der Waals surface area contributed by atoms with Gasteiger partial charge in [-0.3, -0.25) is 4.79 Å². The van der Waals surface area contributed by atoms with Crippen LogP contribution in [0, 0.1) is 5.92 Å². The van der Waals surface area contributed by atoms with Gasteiger partial charge >= 0.3 is 0 Å². The SMILES string of the molecule is O=C(CCC1CCCC1)N[C@@H]1CCNC[C@H]1O. The zero-order valence-corrected chi connectivity index (χ0v) is 10.5. The van der Waals surface area contributed by atoms with Crippen LogP contribution in [-0.2, 0) is 4.79 Å². The standard InChI is InChI=1S/C13H24N2O2/c16-12-9-14-8-7-11(12)15-13(17)6-5-10-3-1-2-4-10/h10-12,14,16H,1-9H2,(H,15,17)/t11-,12-/m1/s1. The predicted molar refractivity (Wildman–Crippen MR) is 66.6 cm³/mol. The number of aliphatic hydroxyl groups excluding tert-OH is 1. The first kappa shape index (κ1) is 12.8. The topological polar surface area (TPSA) is 61.4 Å². The van der Waals surface area contributed by atoms with E-state index < -0.39 is 6.10 Å². The molecule has 3 N–H and O–H groups in total. The molecule has 0 radical (unpaired) electrons. The molecule has 4 nitrogen and oxygen atoms in total. The molecule has 4 heteroatoms. The van der Waals surface area contributed by atoms with Crippen LogP contribution in [0.1, 0.15) is 44.9 Å². The number of piperidine rings is 1. The third-order valence-electron chi connectivity index (χ3n) is 4.05. The molecule has 0 spiro atoms. The van der Waals surface area contributed by atoms with Gasteiger partial charge in [0.1, 0.15) is 0 Å². The molecular weight excluding hydrogens is 216 g/mol. The summed E-state index contributed by atoms with van der Waals surface area (Å²) in [6.07, 6.45) is 7.30. The van der Waals surface area contributed by atoms with Gasteiger partial charge in [0.05, 0.1) is 12.1 Å². The van der Waals surface area contributed by atoms with Crippen LogP contribution >= 0.6 is 0 Å². The van der Waals surface area contributed by atoms with Crippen molar-refractivity contribution in [3.63, 3.8) is 0 Å². The Bertz CT molecular complexity index is 252. The third kappa shape index (κ3) is 3.96. The number of hydrogen-bond donors (Lipinski definition) is 3. The van der Waals surface area contributed by atoms with Gasteiger partial charge in [0.25, 0.3) is 0 Å². The van der Waals surface area contributed by atoms with E-state index in [1.165, 1.54) is 25.7 Å². The van der Waals surface area contributed by atoms with Crippen LogP contribution in [0.25, 0.3) is 0 Å². The van der Waals surface area contributed by atoms with Crippen LogP contribution in [0.4, 0.5) is 0 Å². The van der Waals surface area contributed by atoms with E-state index in [-0.39, 0.29) is 11.9 Å². The van der Waals surface area contributed by atoms with E-state index in [4.69, 9.17) is 0 Å². The Balaban J connectivity index is 1.65. The van der Waals surface area contributed by atoms with Gasteiger partial charge in [-0.25, -0.2) is 0 Å². The molecule has 1 aliphatic heterocycles. The van der Waals surface area contributed by atoms with Crippen molar-refractivity contribution in [3.05, 3.63) is 0 Å². The minimum Gasteiger partial charge on any atom is -0.390 e. The highest BCUT2D eigenvalue weighted by molar-refractivity contribution is 5.76. The van der Waals surface area contributed by atoms with E-state index in [0.29, 0.717) is 13.0 Å². The summed E-state index contributed by atoms with van der Waals surface area (Å²) in [4.78, 5) is 11.8. The first-order chi connectivity index (χ1) is 8.25. The number of hydrogen-bond acceptors (Lipinski definition) is 3. The molecule has 0 unspecified atom stereocenters. The third-order valence-corrected chi connectivity index (χ3v) is 4.05.